The maximum atomic E-state index is 11.0. The SMILES string of the molecule is COCC(=O)NCCSc1ccccc1. The Morgan fingerprint density at radius 3 is 2.80 bits per heavy atom. The van der Waals surface area contributed by atoms with E-state index >= 15 is 0 Å². The molecule has 0 atom stereocenters. The Bertz CT molecular complexity index is 290. The van der Waals surface area contributed by atoms with Crippen LogP contribution < -0.4 is 5.32 Å². The number of hydrogen-bond donors (Lipinski definition) is 1. The number of ether oxygens (including phenoxy) is 1. The summed E-state index contributed by atoms with van der Waals surface area (Å²) in [6.07, 6.45) is 0. The molecule has 0 unspecified atom stereocenters. The lowest BCUT2D eigenvalue weighted by molar-refractivity contribution is -0.124. The van der Waals surface area contributed by atoms with Crippen molar-refractivity contribution in [2.75, 3.05) is 26.0 Å². The van der Waals surface area contributed by atoms with Gasteiger partial charge in [0.25, 0.3) is 0 Å². The van der Waals surface area contributed by atoms with Gasteiger partial charge in [0.05, 0.1) is 0 Å². The molecular formula is C11H15NO2S. The molecule has 15 heavy (non-hydrogen) atoms. The summed E-state index contributed by atoms with van der Waals surface area (Å²) in [6, 6.07) is 10.1. The summed E-state index contributed by atoms with van der Waals surface area (Å²) < 4.78 is 4.70. The summed E-state index contributed by atoms with van der Waals surface area (Å²) in [5.74, 6) is 0.811. The van der Waals surface area contributed by atoms with Crippen LogP contribution in [0.25, 0.3) is 0 Å². The summed E-state index contributed by atoms with van der Waals surface area (Å²) >= 11 is 1.72. The topological polar surface area (TPSA) is 38.3 Å². The Labute approximate surface area is 94.2 Å². The number of amides is 1. The summed E-state index contributed by atoms with van der Waals surface area (Å²) in [6.45, 7) is 0.803. The Morgan fingerprint density at radius 2 is 2.13 bits per heavy atom. The third kappa shape index (κ3) is 5.44. The van der Waals surface area contributed by atoms with Crippen LogP contribution in [0.2, 0.25) is 0 Å². The van der Waals surface area contributed by atoms with E-state index in [-0.39, 0.29) is 12.5 Å². The molecule has 1 aromatic carbocycles. The molecule has 1 amide bonds. The molecule has 4 heteroatoms. The van der Waals surface area contributed by atoms with Crippen LogP contribution in [0, 0.1) is 0 Å². The average molecular weight is 225 g/mol. The highest BCUT2D eigenvalue weighted by Crippen LogP contribution is 2.15. The maximum absolute atomic E-state index is 11.0. The van der Waals surface area contributed by atoms with Crippen molar-refractivity contribution in [3.63, 3.8) is 0 Å². The van der Waals surface area contributed by atoms with Crippen molar-refractivity contribution in [1.29, 1.82) is 0 Å². The van der Waals surface area contributed by atoms with E-state index in [9.17, 15) is 4.79 Å². The average Bonchev–Trinajstić information content (AvgIpc) is 2.26. The zero-order chi connectivity index (χ0) is 10.9. The van der Waals surface area contributed by atoms with Gasteiger partial charge in [-0.25, -0.2) is 0 Å². The molecule has 0 bridgehead atoms. The van der Waals surface area contributed by atoms with E-state index in [2.05, 4.69) is 17.4 Å². The predicted octanol–water partition coefficient (Wildman–Crippen LogP) is 1.54. The molecule has 0 saturated heterocycles. The highest BCUT2D eigenvalue weighted by molar-refractivity contribution is 7.99. The predicted molar refractivity (Wildman–Crippen MR) is 62.1 cm³/mol. The highest BCUT2D eigenvalue weighted by Gasteiger charge is 1.98. The van der Waals surface area contributed by atoms with Crippen molar-refractivity contribution in [3.05, 3.63) is 30.3 Å². The Hall–Kier alpha value is -1.00. The second-order valence-electron chi connectivity index (χ2n) is 2.94. The highest BCUT2D eigenvalue weighted by atomic mass is 32.2. The molecule has 1 N–H and O–H groups in total. The lowest BCUT2D eigenvalue weighted by Gasteiger charge is -2.04. The number of carbonyl (C=O) groups excluding carboxylic acids is 1. The first-order chi connectivity index (χ1) is 7.33. The first kappa shape index (κ1) is 12.1. The molecule has 0 spiro atoms. The van der Waals surface area contributed by atoms with Gasteiger partial charge in [-0.2, -0.15) is 0 Å². The number of nitrogens with one attached hydrogen (secondary N) is 1. The quantitative estimate of drug-likeness (QED) is 0.589. The smallest absolute Gasteiger partial charge is 0.246 e. The maximum Gasteiger partial charge on any atom is 0.246 e. The normalized spacial score (nSPS) is 9.93. The molecule has 1 aromatic rings. The monoisotopic (exact) mass is 225 g/mol. The Morgan fingerprint density at radius 1 is 1.40 bits per heavy atom. The van der Waals surface area contributed by atoms with Crippen LogP contribution in [0.5, 0.6) is 0 Å². The molecule has 0 aliphatic carbocycles. The lowest BCUT2D eigenvalue weighted by Crippen LogP contribution is -2.28. The number of carbonyl (C=O) groups is 1. The summed E-state index contributed by atoms with van der Waals surface area (Å²) in [7, 11) is 1.51. The van der Waals surface area contributed by atoms with Gasteiger partial charge in [-0.05, 0) is 12.1 Å². The fraction of sp³-hybridized carbons (Fsp3) is 0.364. The minimum Gasteiger partial charge on any atom is -0.375 e. The molecule has 0 aromatic heterocycles. The van der Waals surface area contributed by atoms with Crippen molar-refractivity contribution in [3.8, 4) is 0 Å². The van der Waals surface area contributed by atoms with Crippen molar-refractivity contribution >= 4 is 17.7 Å². The van der Waals surface area contributed by atoms with Gasteiger partial charge in [-0.1, -0.05) is 18.2 Å². The van der Waals surface area contributed by atoms with Crippen molar-refractivity contribution < 1.29 is 9.53 Å². The lowest BCUT2D eigenvalue weighted by atomic mass is 10.4. The van der Waals surface area contributed by atoms with Crippen LogP contribution >= 0.6 is 11.8 Å². The molecule has 82 valence electrons. The minimum absolute atomic E-state index is 0.0637. The fourth-order valence-electron chi connectivity index (χ4n) is 1.06. The van der Waals surface area contributed by atoms with Crippen LogP contribution in [0.15, 0.2) is 35.2 Å². The molecule has 3 nitrogen and oxygen atoms in total. The van der Waals surface area contributed by atoms with Crippen molar-refractivity contribution in [2.24, 2.45) is 0 Å². The van der Waals surface area contributed by atoms with E-state index in [0.717, 1.165) is 5.75 Å². The van der Waals surface area contributed by atoms with Crippen LogP contribution in [-0.4, -0.2) is 31.9 Å². The zero-order valence-corrected chi connectivity index (χ0v) is 9.55. The van der Waals surface area contributed by atoms with Gasteiger partial charge in [0.2, 0.25) is 5.91 Å². The molecule has 0 aliphatic rings. The molecule has 0 saturated carbocycles. The first-order valence-electron chi connectivity index (χ1n) is 4.76. The van der Waals surface area contributed by atoms with Crippen molar-refractivity contribution in [2.45, 2.75) is 4.90 Å². The van der Waals surface area contributed by atoms with Gasteiger partial charge in [-0.15, -0.1) is 11.8 Å². The third-order valence-electron chi connectivity index (χ3n) is 1.71. The van der Waals surface area contributed by atoms with Crippen molar-refractivity contribution in [1.82, 2.24) is 5.32 Å². The molecule has 0 heterocycles. The molecule has 0 fully saturated rings. The molecule has 0 radical (unpaired) electrons. The second-order valence-corrected chi connectivity index (χ2v) is 4.11. The number of thioether (sulfide) groups is 1. The summed E-state index contributed by atoms with van der Waals surface area (Å²) in [4.78, 5) is 12.2. The number of methoxy groups -OCH3 is 1. The summed E-state index contributed by atoms with van der Waals surface area (Å²) in [5.41, 5.74) is 0. The van der Waals surface area contributed by atoms with E-state index < -0.39 is 0 Å². The van der Waals surface area contributed by atoms with Crippen LogP contribution in [0.1, 0.15) is 0 Å². The van der Waals surface area contributed by atoms with E-state index in [0.29, 0.717) is 6.54 Å². The number of hydrogen-bond acceptors (Lipinski definition) is 3. The second kappa shape index (κ2) is 7.31. The molecule has 0 aliphatic heterocycles. The Kier molecular flexibility index (Phi) is 5.88. The number of rotatable bonds is 6. The summed E-state index contributed by atoms with van der Waals surface area (Å²) in [5, 5.41) is 2.77. The van der Waals surface area contributed by atoms with Gasteiger partial charge in [0.15, 0.2) is 0 Å². The molecular weight excluding hydrogens is 210 g/mol. The first-order valence-corrected chi connectivity index (χ1v) is 5.75. The van der Waals surface area contributed by atoms with E-state index in [1.807, 2.05) is 18.2 Å². The Balaban J connectivity index is 2.10. The largest absolute Gasteiger partial charge is 0.375 e. The number of benzene rings is 1. The van der Waals surface area contributed by atoms with Gasteiger partial charge < -0.3 is 10.1 Å². The third-order valence-corrected chi connectivity index (χ3v) is 2.73. The fourth-order valence-corrected chi connectivity index (χ4v) is 1.85. The van der Waals surface area contributed by atoms with Gasteiger partial charge in [0.1, 0.15) is 6.61 Å². The van der Waals surface area contributed by atoms with Crippen LogP contribution in [-0.2, 0) is 9.53 Å². The van der Waals surface area contributed by atoms with E-state index in [1.54, 1.807) is 11.8 Å². The molecule has 1 rings (SSSR count). The standard InChI is InChI=1S/C11H15NO2S/c1-14-9-11(13)12-7-8-15-10-5-3-2-4-6-10/h2-6H,7-9H2,1H3,(H,12,13). The van der Waals surface area contributed by atoms with E-state index in [1.165, 1.54) is 12.0 Å². The zero-order valence-electron chi connectivity index (χ0n) is 8.73. The van der Waals surface area contributed by atoms with Gasteiger partial charge in [-0.3, -0.25) is 4.79 Å². The van der Waals surface area contributed by atoms with Gasteiger partial charge >= 0.3 is 0 Å². The van der Waals surface area contributed by atoms with Crippen LogP contribution in [0.4, 0.5) is 0 Å². The van der Waals surface area contributed by atoms with Crippen LogP contribution in [0.3, 0.4) is 0 Å². The van der Waals surface area contributed by atoms with E-state index in [4.69, 9.17) is 4.74 Å². The minimum atomic E-state index is -0.0637. The van der Waals surface area contributed by atoms with Gasteiger partial charge in [0, 0.05) is 24.3 Å².